The number of aliphatic hydroxyl groups excluding tert-OH is 1. The van der Waals surface area contributed by atoms with Crippen LogP contribution in [-0.2, 0) is 0 Å². The number of rotatable bonds is 2. The van der Waals surface area contributed by atoms with E-state index in [9.17, 15) is 5.11 Å². The van der Waals surface area contributed by atoms with E-state index < -0.39 is 5.60 Å². The molecule has 0 saturated heterocycles. The summed E-state index contributed by atoms with van der Waals surface area (Å²) in [5.41, 5.74) is -0.521. The topological polar surface area (TPSA) is 40.5 Å². The lowest BCUT2D eigenvalue weighted by Crippen LogP contribution is -2.32. The highest BCUT2D eigenvalue weighted by Gasteiger charge is 2.27. The van der Waals surface area contributed by atoms with Gasteiger partial charge in [0.25, 0.3) is 0 Å². The van der Waals surface area contributed by atoms with Crippen LogP contribution in [0.25, 0.3) is 0 Å². The molecule has 0 atom stereocenters. The van der Waals surface area contributed by atoms with Crippen LogP contribution in [0.3, 0.4) is 0 Å². The molecular weight excluding hydrogens is 128 g/mol. The average molecular weight is 144 g/mol. The van der Waals surface area contributed by atoms with Gasteiger partial charge in [-0.15, -0.1) is 0 Å². The largest absolute Gasteiger partial charge is 0.396 e. The fourth-order valence-corrected chi connectivity index (χ4v) is 1.67. The molecule has 1 aliphatic rings. The zero-order chi connectivity index (χ0) is 7.45. The van der Waals surface area contributed by atoms with E-state index in [0.29, 0.717) is 6.42 Å². The minimum Gasteiger partial charge on any atom is -0.396 e. The summed E-state index contributed by atoms with van der Waals surface area (Å²) < 4.78 is 0. The third-order valence-corrected chi connectivity index (χ3v) is 2.36. The van der Waals surface area contributed by atoms with Crippen molar-refractivity contribution in [3.05, 3.63) is 0 Å². The summed E-state index contributed by atoms with van der Waals surface area (Å²) in [4.78, 5) is 0. The standard InChI is InChI=1S/C8H16O2/c9-7-6-8(10)4-2-1-3-5-8/h9-10H,1-7H2. The van der Waals surface area contributed by atoms with Crippen LogP contribution in [0, 0.1) is 0 Å². The average Bonchev–Trinajstić information content (AvgIpc) is 1.89. The van der Waals surface area contributed by atoms with E-state index in [-0.39, 0.29) is 6.61 Å². The second kappa shape index (κ2) is 3.35. The van der Waals surface area contributed by atoms with Gasteiger partial charge in [-0.05, 0) is 19.3 Å². The van der Waals surface area contributed by atoms with E-state index in [1.165, 1.54) is 6.42 Å². The molecule has 2 heteroatoms. The van der Waals surface area contributed by atoms with Crippen LogP contribution in [0.5, 0.6) is 0 Å². The van der Waals surface area contributed by atoms with E-state index in [2.05, 4.69) is 0 Å². The lowest BCUT2D eigenvalue weighted by Gasteiger charge is -2.31. The van der Waals surface area contributed by atoms with Crippen LogP contribution < -0.4 is 0 Å². The number of aliphatic hydroxyl groups is 2. The van der Waals surface area contributed by atoms with Gasteiger partial charge in [-0.2, -0.15) is 0 Å². The maximum atomic E-state index is 9.71. The Morgan fingerprint density at radius 3 is 2.20 bits per heavy atom. The maximum Gasteiger partial charge on any atom is 0.0669 e. The van der Waals surface area contributed by atoms with E-state index in [4.69, 9.17) is 5.11 Å². The van der Waals surface area contributed by atoms with Gasteiger partial charge in [-0.3, -0.25) is 0 Å². The maximum absolute atomic E-state index is 9.71. The smallest absolute Gasteiger partial charge is 0.0669 e. The van der Waals surface area contributed by atoms with Gasteiger partial charge in [0.05, 0.1) is 5.60 Å². The Hall–Kier alpha value is -0.0800. The van der Waals surface area contributed by atoms with Gasteiger partial charge < -0.3 is 10.2 Å². The van der Waals surface area contributed by atoms with E-state index in [1.807, 2.05) is 0 Å². The first kappa shape index (κ1) is 8.02. The van der Waals surface area contributed by atoms with Crippen molar-refractivity contribution in [2.45, 2.75) is 44.1 Å². The molecule has 0 aromatic carbocycles. The van der Waals surface area contributed by atoms with Gasteiger partial charge in [0, 0.05) is 6.61 Å². The first-order valence-corrected chi connectivity index (χ1v) is 4.10. The second-order valence-electron chi connectivity index (χ2n) is 3.26. The van der Waals surface area contributed by atoms with Crippen molar-refractivity contribution in [1.29, 1.82) is 0 Å². The Kier molecular flexibility index (Phi) is 2.69. The summed E-state index contributed by atoms with van der Waals surface area (Å²) in [7, 11) is 0. The molecule has 60 valence electrons. The Labute approximate surface area is 61.9 Å². The minimum atomic E-state index is -0.521. The summed E-state index contributed by atoms with van der Waals surface area (Å²) in [6.45, 7) is 0.122. The van der Waals surface area contributed by atoms with Crippen molar-refractivity contribution < 1.29 is 10.2 Å². The first-order valence-electron chi connectivity index (χ1n) is 4.10. The van der Waals surface area contributed by atoms with Crippen LogP contribution >= 0.6 is 0 Å². The Morgan fingerprint density at radius 1 is 1.10 bits per heavy atom. The van der Waals surface area contributed by atoms with Crippen LogP contribution in [-0.4, -0.2) is 22.4 Å². The molecule has 2 N–H and O–H groups in total. The molecule has 0 radical (unpaired) electrons. The SMILES string of the molecule is OCCC1(O)CCCCC1. The molecule has 1 saturated carbocycles. The van der Waals surface area contributed by atoms with Gasteiger partial charge in [-0.1, -0.05) is 19.3 Å². The van der Waals surface area contributed by atoms with Crippen LogP contribution in [0.1, 0.15) is 38.5 Å². The fourth-order valence-electron chi connectivity index (χ4n) is 1.67. The highest BCUT2D eigenvalue weighted by Crippen LogP contribution is 2.30. The van der Waals surface area contributed by atoms with Crippen molar-refractivity contribution in [1.82, 2.24) is 0 Å². The van der Waals surface area contributed by atoms with Crippen LogP contribution in [0.4, 0.5) is 0 Å². The van der Waals surface area contributed by atoms with Crippen molar-refractivity contribution >= 4 is 0 Å². The van der Waals surface area contributed by atoms with Gasteiger partial charge in [0.15, 0.2) is 0 Å². The van der Waals surface area contributed by atoms with Gasteiger partial charge in [0.1, 0.15) is 0 Å². The van der Waals surface area contributed by atoms with E-state index in [1.54, 1.807) is 0 Å². The highest BCUT2D eigenvalue weighted by atomic mass is 16.3. The summed E-state index contributed by atoms with van der Waals surface area (Å²) in [6, 6.07) is 0. The van der Waals surface area contributed by atoms with Crippen molar-refractivity contribution in [2.24, 2.45) is 0 Å². The molecule has 0 spiro atoms. The highest BCUT2D eigenvalue weighted by molar-refractivity contribution is 4.81. The molecule has 0 amide bonds. The summed E-state index contributed by atoms with van der Waals surface area (Å²) in [5, 5.41) is 18.3. The first-order chi connectivity index (χ1) is 4.77. The van der Waals surface area contributed by atoms with Crippen molar-refractivity contribution in [3.8, 4) is 0 Å². The fraction of sp³-hybridized carbons (Fsp3) is 1.00. The van der Waals surface area contributed by atoms with Crippen molar-refractivity contribution in [3.63, 3.8) is 0 Å². The molecule has 0 aliphatic heterocycles. The Morgan fingerprint density at radius 2 is 1.70 bits per heavy atom. The van der Waals surface area contributed by atoms with Gasteiger partial charge in [0.2, 0.25) is 0 Å². The normalized spacial score (nSPS) is 24.6. The molecule has 2 nitrogen and oxygen atoms in total. The second-order valence-corrected chi connectivity index (χ2v) is 3.26. The molecule has 0 aromatic heterocycles. The van der Waals surface area contributed by atoms with Crippen LogP contribution in [0.2, 0.25) is 0 Å². The minimum absolute atomic E-state index is 0.122. The predicted octanol–water partition coefficient (Wildman–Crippen LogP) is 1.06. The quantitative estimate of drug-likeness (QED) is 0.608. The molecule has 0 heterocycles. The zero-order valence-corrected chi connectivity index (χ0v) is 6.34. The van der Waals surface area contributed by atoms with Gasteiger partial charge in [-0.25, -0.2) is 0 Å². The van der Waals surface area contributed by atoms with Gasteiger partial charge >= 0.3 is 0 Å². The van der Waals surface area contributed by atoms with E-state index >= 15 is 0 Å². The molecular formula is C8H16O2. The molecule has 1 fully saturated rings. The molecule has 0 aromatic rings. The molecule has 1 rings (SSSR count). The van der Waals surface area contributed by atoms with Crippen molar-refractivity contribution in [2.75, 3.05) is 6.61 Å². The molecule has 1 aliphatic carbocycles. The summed E-state index contributed by atoms with van der Waals surface area (Å²) in [6.07, 6.45) is 5.81. The third kappa shape index (κ3) is 1.96. The lowest BCUT2D eigenvalue weighted by molar-refractivity contribution is -0.0160. The summed E-state index contributed by atoms with van der Waals surface area (Å²) >= 11 is 0. The Bertz CT molecular complexity index is 89.9. The molecule has 0 unspecified atom stereocenters. The Balaban J connectivity index is 2.32. The summed E-state index contributed by atoms with van der Waals surface area (Å²) in [5.74, 6) is 0. The lowest BCUT2D eigenvalue weighted by atomic mass is 9.83. The third-order valence-electron chi connectivity index (χ3n) is 2.36. The number of hydrogen-bond donors (Lipinski definition) is 2. The monoisotopic (exact) mass is 144 g/mol. The van der Waals surface area contributed by atoms with Crippen LogP contribution in [0.15, 0.2) is 0 Å². The number of hydrogen-bond acceptors (Lipinski definition) is 2. The zero-order valence-electron chi connectivity index (χ0n) is 6.34. The molecule has 0 bridgehead atoms. The molecule has 10 heavy (non-hydrogen) atoms. The van der Waals surface area contributed by atoms with E-state index in [0.717, 1.165) is 25.7 Å². The predicted molar refractivity (Wildman–Crippen MR) is 39.7 cm³/mol.